The molecule has 4 rings (SSSR count). The molecule has 2 aromatic rings. The summed E-state index contributed by atoms with van der Waals surface area (Å²) < 4.78 is 6.07. The minimum Gasteiger partial charge on any atom is -0.461 e. The third-order valence-electron chi connectivity index (χ3n) is 4.82. The molecule has 1 saturated heterocycles. The van der Waals surface area contributed by atoms with Crippen molar-refractivity contribution in [1.82, 2.24) is 10.3 Å². The van der Waals surface area contributed by atoms with Crippen LogP contribution in [0.1, 0.15) is 25.5 Å². The summed E-state index contributed by atoms with van der Waals surface area (Å²) in [5.74, 6) is 1.08. The highest BCUT2D eigenvalue weighted by molar-refractivity contribution is 5.82. The summed E-state index contributed by atoms with van der Waals surface area (Å²) in [5, 5.41) is 3.16. The number of hydrogen-bond acceptors (Lipinski definition) is 4. The molecule has 0 bridgehead atoms. The summed E-state index contributed by atoms with van der Waals surface area (Å²) in [6.07, 6.45) is 11.5. The van der Waals surface area contributed by atoms with E-state index in [2.05, 4.69) is 41.5 Å². The van der Waals surface area contributed by atoms with Crippen LogP contribution in [-0.2, 0) is 6.42 Å². The molecule has 0 radical (unpaired) electrons. The quantitative estimate of drug-likeness (QED) is 0.930. The van der Waals surface area contributed by atoms with Crippen LogP contribution < -0.4 is 10.4 Å². The predicted molar refractivity (Wildman–Crippen MR) is 94.1 cm³/mol. The van der Waals surface area contributed by atoms with Crippen molar-refractivity contribution < 1.29 is 4.42 Å². The Hall–Kier alpha value is -2.20. The Morgan fingerprint density at radius 2 is 2.22 bits per heavy atom. The summed E-state index contributed by atoms with van der Waals surface area (Å²) in [6.45, 7) is 4.65. The van der Waals surface area contributed by atoms with Crippen LogP contribution >= 0.6 is 0 Å². The molecule has 1 aromatic heterocycles. The standard InChI is InChI=1S/C19H23N3O/c1-15-5-4-10-21(15)12-8-18-13-16-6-7-17(14-19(16)23-18)22-11-3-2-9-20-22/h2-3,6-7,9,11,13-15,20H,4-5,8,10,12H2,1H3/t15-/m1/s1. The molecule has 0 spiro atoms. The van der Waals surface area contributed by atoms with E-state index in [-0.39, 0.29) is 0 Å². The number of hydrogen-bond donors (Lipinski definition) is 1. The fourth-order valence-corrected chi connectivity index (χ4v) is 3.44. The Balaban J connectivity index is 1.49. The van der Waals surface area contributed by atoms with Crippen molar-refractivity contribution in [2.24, 2.45) is 0 Å². The SMILES string of the molecule is C[C@@H]1CCCN1CCc1cc2ccc(N3C=CC=CN3)cc2o1. The largest absolute Gasteiger partial charge is 0.461 e. The van der Waals surface area contributed by atoms with Gasteiger partial charge < -0.3 is 14.7 Å². The van der Waals surface area contributed by atoms with Crippen LogP contribution in [0.2, 0.25) is 0 Å². The van der Waals surface area contributed by atoms with Gasteiger partial charge >= 0.3 is 0 Å². The predicted octanol–water partition coefficient (Wildman–Crippen LogP) is 3.81. The number of rotatable bonds is 4. The molecule has 0 amide bonds. The topological polar surface area (TPSA) is 31.6 Å². The molecule has 1 fully saturated rings. The van der Waals surface area contributed by atoms with E-state index in [1.807, 2.05) is 29.6 Å². The van der Waals surface area contributed by atoms with E-state index in [1.54, 1.807) is 0 Å². The molecule has 0 aliphatic carbocycles. The second-order valence-electron chi connectivity index (χ2n) is 6.41. The van der Waals surface area contributed by atoms with Gasteiger partial charge in [-0.25, -0.2) is 0 Å². The first kappa shape index (κ1) is 14.4. The minimum atomic E-state index is 0.719. The van der Waals surface area contributed by atoms with Crippen molar-refractivity contribution >= 4 is 16.7 Å². The van der Waals surface area contributed by atoms with Crippen LogP contribution in [0.3, 0.4) is 0 Å². The van der Waals surface area contributed by atoms with Crippen LogP contribution in [0.4, 0.5) is 5.69 Å². The van der Waals surface area contributed by atoms with Crippen molar-refractivity contribution in [3.8, 4) is 0 Å². The molecule has 1 atom stereocenters. The van der Waals surface area contributed by atoms with E-state index in [0.29, 0.717) is 0 Å². The highest BCUT2D eigenvalue weighted by Crippen LogP contribution is 2.26. The van der Waals surface area contributed by atoms with E-state index < -0.39 is 0 Å². The zero-order chi connectivity index (χ0) is 15.6. The second kappa shape index (κ2) is 6.13. The molecular weight excluding hydrogens is 286 g/mol. The molecule has 4 heteroatoms. The lowest BCUT2D eigenvalue weighted by atomic mass is 10.2. The fraction of sp³-hybridized carbons (Fsp3) is 0.368. The van der Waals surface area contributed by atoms with Gasteiger partial charge in [-0.1, -0.05) is 0 Å². The fourth-order valence-electron chi connectivity index (χ4n) is 3.44. The lowest BCUT2D eigenvalue weighted by molar-refractivity contribution is 0.266. The molecule has 4 nitrogen and oxygen atoms in total. The van der Waals surface area contributed by atoms with E-state index in [0.717, 1.165) is 36.0 Å². The van der Waals surface area contributed by atoms with Gasteiger partial charge in [0.05, 0.1) is 5.69 Å². The smallest absolute Gasteiger partial charge is 0.136 e. The lowest BCUT2D eigenvalue weighted by Gasteiger charge is -2.21. The molecule has 120 valence electrons. The van der Waals surface area contributed by atoms with Gasteiger partial charge in [-0.2, -0.15) is 0 Å². The second-order valence-corrected chi connectivity index (χ2v) is 6.41. The van der Waals surface area contributed by atoms with Crippen LogP contribution in [-0.4, -0.2) is 24.0 Å². The average Bonchev–Trinajstić information content (AvgIpc) is 3.18. The molecule has 3 heterocycles. The highest BCUT2D eigenvalue weighted by atomic mass is 16.3. The van der Waals surface area contributed by atoms with Crippen molar-refractivity contribution in [3.63, 3.8) is 0 Å². The number of fused-ring (bicyclic) bond motifs is 1. The summed E-state index contributed by atoms with van der Waals surface area (Å²) in [4.78, 5) is 2.56. The number of likely N-dealkylation sites (tertiary alicyclic amines) is 1. The van der Waals surface area contributed by atoms with Crippen molar-refractivity contribution in [2.45, 2.75) is 32.2 Å². The minimum absolute atomic E-state index is 0.719. The maximum Gasteiger partial charge on any atom is 0.136 e. The van der Waals surface area contributed by atoms with Crippen molar-refractivity contribution in [3.05, 3.63) is 54.6 Å². The summed E-state index contributed by atoms with van der Waals surface area (Å²) >= 11 is 0. The number of nitrogens with one attached hydrogen (secondary N) is 1. The number of nitrogens with zero attached hydrogens (tertiary/aromatic N) is 2. The molecule has 0 unspecified atom stereocenters. The van der Waals surface area contributed by atoms with Crippen LogP contribution in [0.5, 0.6) is 0 Å². The van der Waals surface area contributed by atoms with Crippen LogP contribution in [0, 0.1) is 0 Å². The monoisotopic (exact) mass is 309 g/mol. The molecular formula is C19H23N3O. The molecule has 1 aromatic carbocycles. The van der Waals surface area contributed by atoms with Gasteiger partial charge in [0.2, 0.25) is 0 Å². The zero-order valence-corrected chi connectivity index (χ0v) is 13.5. The van der Waals surface area contributed by atoms with Gasteiger partial charge in [-0.15, -0.1) is 0 Å². The number of allylic oxidation sites excluding steroid dienone is 2. The zero-order valence-electron chi connectivity index (χ0n) is 13.5. The van der Waals surface area contributed by atoms with Crippen LogP contribution in [0.15, 0.2) is 53.2 Å². The Kier molecular flexibility index (Phi) is 3.83. The maximum absolute atomic E-state index is 6.07. The van der Waals surface area contributed by atoms with Crippen molar-refractivity contribution in [1.29, 1.82) is 0 Å². The Bertz CT molecular complexity index is 746. The van der Waals surface area contributed by atoms with Gasteiger partial charge in [0.25, 0.3) is 0 Å². The first-order valence-corrected chi connectivity index (χ1v) is 8.45. The van der Waals surface area contributed by atoms with E-state index in [1.165, 1.54) is 24.8 Å². The molecule has 2 aliphatic heterocycles. The lowest BCUT2D eigenvalue weighted by Crippen LogP contribution is -2.29. The average molecular weight is 309 g/mol. The van der Waals surface area contributed by atoms with E-state index in [9.17, 15) is 0 Å². The number of benzene rings is 1. The normalized spacial score (nSPS) is 21.3. The van der Waals surface area contributed by atoms with Crippen LogP contribution in [0.25, 0.3) is 11.0 Å². The Labute approximate surface area is 137 Å². The third-order valence-corrected chi connectivity index (χ3v) is 4.82. The van der Waals surface area contributed by atoms with E-state index >= 15 is 0 Å². The third kappa shape index (κ3) is 2.99. The maximum atomic E-state index is 6.07. The number of hydrazine groups is 1. The Morgan fingerprint density at radius 1 is 1.26 bits per heavy atom. The number of furan rings is 1. The molecule has 0 saturated carbocycles. The first-order valence-electron chi connectivity index (χ1n) is 8.45. The van der Waals surface area contributed by atoms with Gasteiger partial charge in [-0.05, 0) is 56.7 Å². The van der Waals surface area contributed by atoms with Gasteiger partial charge in [0, 0.05) is 42.9 Å². The first-order chi connectivity index (χ1) is 11.3. The van der Waals surface area contributed by atoms with E-state index in [4.69, 9.17) is 4.42 Å². The molecule has 2 aliphatic rings. The van der Waals surface area contributed by atoms with Gasteiger partial charge in [-0.3, -0.25) is 5.01 Å². The summed E-state index contributed by atoms with van der Waals surface area (Å²) in [7, 11) is 0. The van der Waals surface area contributed by atoms with Gasteiger partial charge in [0.1, 0.15) is 11.3 Å². The highest BCUT2D eigenvalue weighted by Gasteiger charge is 2.20. The molecule has 23 heavy (non-hydrogen) atoms. The Morgan fingerprint density at radius 3 is 3.00 bits per heavy atom. The van der Waals surface area contributed by atoms with Gasteiger partial charge in [0.15, 0.2) is 0 Å². The number of anilines is 1. The van der Waals surface area contributed by atoms with Crippen molar-refractivity contribution in [2.75, 3.05) is 18.1 Å². The summed E-state index contributed by atoms with van der Waals surface area (Å²) in [5.41, 5.74) is 5.22. The molecule has 1 N–H and O–H groups in total. The summed E-state index contributed by atoms with van der Waals surface area (Å²) in [6, 6.07) is 9.23.